The first-order chi connectivity index (χ1) is 9.52. The number of benzene rings is 1. The molecule has 1 aromatic carbocycles. The number of nitrogens with two attached hydrogens (primary N) is 1. The largest absolute Gasteiger partial charge is 0.497 e. The lowest BCUT2D eigenvalue weighted by Gasteiger charge is -2.14. The summed E-state index contributed by atoms with van der Waals surface area (Å²) in [6, 6.07) is 7.60. The lowest BCUT2D eigenvalue weighted by Crippen LogP contribution is -2.41. The summed E-state index contributed by atoms with van der Waals surface area (Å²) in [5.74, 6) is 1.25. The van der Waals surface area contributed by atoms with Gasteiger partial charge in [-0.15, -0.1) is 12.4 Å². The molecule has 0 fully saturated rings. The highest BCUT2D eigenvalue weighted by Crippen LogP contribution is 2.12. The van der Waals surface area contributed by atoms with Crippen molar-refractivity contribution in [1.29, 1.82) is 0 Å². The van der Waals surface area contributed by atoms with E-state index in [2.05, 4.69) is 19.2 Å². The summed E-state index contributed by atoms with van der Waals surface area (Å²) in [5, 5.41) is 2.89. The molecule has 1 rings (SSSR count). The first-order valence-corrected chi connectivity index (χ1v) is 7.19. The Kier molecular flexibility index (Phi) is 9.84. The predicted octanol–water partition coefficient (Wildman–Crippen LogP) is 2.54. The Hall–Kier alpha value is -1.26. The number of nitrogens with one attached hydrogen (secondary N) is 1. The van der Waals surface area contributed by atoms with Gasteiger partial charge in [0.2, 0.25) is 5.91 Å². The van der Waals surface area contributed by atoms with Crippen molar-refractivity contribution in [2.45, 2.75) is 39.2 Å². The molecular formula is C16H27ClN2O2. The first kappa shape index (κ1) is 19.7. The van der Waals surface area contributed by atoms with E-state index in [1.165, 1.54) is 5.56 Å². The molecule has 120 valence electrons. The van der Waals surface area contributed by atoms with Crippen LogP contribution >= 0.6 is 12.4 Å². The minimum atomic E-state index is -0.393. The highest BCUT2D eigenvalue weighted by atomic mass is 35.5. The molecular weight excluding hydrogens is 288 g/mol. The maximum Gasteiger partial charge on any atom is 0.236 e. The number of carbonyl (C=O) groups excluding carboxylic acids is 1. The standard InChI is InChI=1S/C16H26N2O2.ClH/c1-12(2)11-15(17)16(19)18-10-4-5-13-6-8-14(20-3)9-7-13;/h6-9,12,15H,4-5,10-11,17H2,1-3H3,(H,18,19);1H/t15-;/m0./s1. The molecule has 0 aliphatic rings. The Bertz CT molecular complexity index is 407. The maximum absolute atomic E-state index is 11.7. The number of carbonyl (C=O) groups is 1. The fourth-order valence-corrected chi connectivity index (χ4v) is 2.04. The molecule has 5 heteroatoms. The molecule has 4 nitrogen and oxygen atoms in total. The van der Waals surface area contributed by atoms with Crippen LogP contribution in [0.3, 0.4) is 0 Å². The van der Waals surface area contributed by atoms with Gasteiger partial charge in [0.1, 0.15) is 5.75 Å². The normalized spacial score (nSPS) is 11.7. The topological polar surface area (TPSA) is 64.3 Å². The minimum absolute atomic E-state index is 0. The molecule has 1 amide bonds. The lowest BCUT2D eigenvalue weighted by atomic mass is 10.0. The van der Waals surface area contributed by atoms with Gasteiger partial charge >= 0.3 is 0 Å². The number of hydrogen-bond acceptors (Lipinski definition) is 3. The third-order valence-corrected chi connectivity index (χ3v) is 3.16. The van der Waals surface area contributed by atoms with E-state index >= 15 is 0 Å². The van der Waals surface area contributed by atoms with E-state index in [0.29, 0.717) is 12.5 Å². The number of amides is 1. The van der Waals surface area contributed by atoms with E-state index in [0.717, 1.165) is 25.0 Å². The van der Waals surface area contributed by atoms with Crippen LogP contribution in [-0.2, 0) is 11.2 Å². The van der Waals surface area contributed by atoms with Crippen molar-refractivity contribution >= 4 is 18.3 Å². The van der Waals surface area contributed by atoms with Gasteiger partial charge in [-0.1, -0.05) is 26.0 Å². The van der Waals surface area contributed by atoms with Crippen LogP contribution in [0, 0.1) is 5.92 Å². The molecule has 0 spiro atoms. The molecule has 0 heterocycles. The van der Waals surface area contributed by atoms with Crippen LogP contribution in [-0.4, -0.2) is 25.6 Å². The van der Waals surface area contributed by atoms with E-state index in [4.69, 9.17) is 10.5 Å². The molecule has 21 heavy (non-hydrogen) atoms. The second-order valence-electron chi connectivity index (χ2n) is 5.48. The van der Waals surface area contributed by atoms with Gasteiger partial charge in [0, 0.05) is 6.54 Å². The molecule has 0 bridgehead atoms. The van der Waals surface area contributed by atoms with E-state index in [9.17, 15) is 4.79 Å². The van der Waals surface area contributed by atoms with Crippen LogP contribution in [0.1, 0.15) is 32.3 Å². The summed E-state index contributed by atoms with van der Waals surface area (Å²) in [5.41, 5.74) is 7.06. The van der Waals surface area contributed by atoms with Gasteiger partial charge in [0.15, 0.2) is 0 Å². The molecule has 0 saturated carbocycles. The Morgan fingerprint density at radius 2 is 1.90 bits per heavy atom. The summed E-state index contributed by atoms with van der Waals surface area (Å²) in [7, 11) is 1.66. The highest BCUT2D eigenvalue weighted by Gasteiger charge is 2.13. The Balaban J connectivity index is 0.00000400. The molecule has 3 N–H and O–H groups in total. The molecule has 0 aliphatic heterocycles. The van der Waals surface area contributed by atoms with Crippen LogP contribution < -0.4 is 15.8 Å². The smallest absolute Gasteiger partial charge is 0.236 e. The van der Waals surface area contributed by atoms with Gasteiger partial charge in [0.25, 0.3) is 0 Å². The van der Waals surface area contributed by atoms with Crippen LogP contribution in [0.15, 0.2) is 24.3 Å². The van der Waals surface area contributed by atoms with Gasteiger partial charge in [-0.3, -0.25) is 4.79 Å². The van der Waals surface area contributed by atoms with E-state index < -0.39 is 6.04 Å². The van der Waals surface area contributed by atoms with Crippen LogP contribution in [0.25, 0.3) is 0 Å². The molecule has 0 unspecified atom stereocenters. The monoisotopic (exact) mass is 314 g/mol. The summed E-state index contributed by atoms with van der Waals surface area (Å²) >= 11 is 0. The number of ether oxygens (including phenoxy) is 1. The number of rotatable bonds is 8. The van der Waals surface area contributed by atoms with Gasteiger partial charge < -0.3 is 15.8 Å². The third kappa shape index (κ3) is 7.93. The molecule has 0 saturated heterocycles. The van der Waals surface area contributed by atoms with E-state index in [-0.39, 0.29) is 18.3 Å². The number of halogens is 1. The molecule has 1 atom stereocenters. The SMILES string of the molecule is COc1ccc(CCCNC(=O)[C@@H](N)CC(C)C)cc1.Cl. The fourth-order valence-electron chi connectivity index (χ4n) is 2.04. The summed E-state index contributed by atoms with van der Waals surface area (Å²) in [6.07, 6.45) is 2.57. The van der Waals surface area contributed by atoms with Gasteiger partial charge in [-0.25, -0.2) is 0 Å². The zero-order valence-corrected chi connectivity index (χ0v) is 13.9. The zero-order valence-electron chi connectivity index (χ0n) is 13.1. The number of hydrogen-bond donors (Lipinski definition) is 2. The molecule has 0 radical (unpaired) electrons. The van der Waals surface area contributed by atoms with Gasteiger partial charge in [-0.2, -0.15) is 0 Å². The summed E-state index contributed by atoms with van der Waals surface area (Å²) in [4.78, 5) is 11.7. The van der Waals surface area contributed by atoms with E-state index in [1.54, 1.807) is 7.11 Å². The zero-order chi connectivity index (χ0) is 15.0. The van der Waals surface area contributed by atoms with E-state index in [1.807, 2.05) is 24.3 Å². The fraction of sp³-hybridized carbons (Fsp3) is 0.562. The van der Waals surface area contributed by atoms with Crippen molar-refractivity contribution in [3.8, 4) is 5.75 Å². The minimum Gasteiger partial charge on any atom is -0.497 e. The average molecular weight is 315 g/mol. The number of methoxy groups -OCH3 is 1. The third-order valence-electron chi connectivity index (χ3n) is 3.16. The summed E-state index contributed by atoms with van der Waals surface area (Å²) in [6.45, 7) is 4.80. The quantitative estimate of drug-likeness (QED) is 0.725. The molecule has 0 aromatic heterocycles. The second kappa shape index (κ2) is 10.5. The lowest BCUT2D eigenvalue weighted by molar-refractivity contribution is -0.122. The van der Waals surface area contributed by atoms with Crippen LogP contribution in [0.4, 0.5) is 0 Å². The van der Waals surface area contributed by atoms with Crippen molar-refractivity contribution in [3.63, 3.8) is 0 Å². The summed E-state index contributed by atoms with van der Waals surface area (Å²) < 4.78 is 5.11. The van der Waals surface area contributed by atoms with Crippen molar-refractivity contribution in [2.75, 3.05) is 13.7 Å². The van der Waals surface area contributed by atoms with Crippen molar-refractivity contribution in [3.05, 3.63) is 29.8 Å². The molecule has 0 aliphatic carbocycles. The Morgan fingerprint density at radius 1 is 1.29 bits per heavy atom. The van der Waals surface area contributed by atoms with Gasteiger partial charge in [0.05, 0.1) is 13.2 Å². The first-order valence-electron chi connectivity index (χ1n) is 7.19. The van der Waals surface area contributed by atoms with Crippen LogP contribution in [0.5, 0.6) is 5.75 Å². The average Bonchev–Trinajstić information content (AvgIpc) is 2.43. The predicted molar refractivity (Wildman–Crippen MR) is 89.0 cm³/mol. The highest BCUT2D eigenvalue weighted by molar-refractivity contribution is 5.85. The van der Waals surface area contributed by atoms with Crippen LogP contribution in [0.2, 0.25) is 0 Å². The van der Waals surface area contributed by atoms with Crippen molar-refractivity contribution in [1.82, 2.24) is 5.32 Å². The Morgan fingerprint density at radius 3 is 2.43 bits per heavy atom. The number of aryl methyl sites for hydroxylation is 1. The Labute approximate surface area is 133 Å². The van der Waals surface area contributed by atoms with Crippen molar-refractivity contribution in [2.24, 2.45) is 11.7 Å². The van der Waals surface area contributed by atoms with Crippen molar-refractivity contribution < 1.29 is 9.53 Å². The molecule has 1 aromatic rings. The maximum atomic E-state index is 11.7. The van der Waals surface area contributed by atoms with Gasteiger partial charge in [-0.05, 0) is 42.9 Å². The second-order valence-corrected chi connectivity index (χ2v) is 5.48.